The van der Waals surface area contributed by atoms with Crippen molar-refractivity contribution in [2.45, 2.75) is 6.54 Å². The van der Waals surface area contributed by atoms with E-state index in [-0.39, 0.29) is 6.54 Å². The highest BCUT2D eigenvalue weighted by Crippen LogP contribution is 2.24. The van der Waals surface area contributed by atoms with Crippen molar-refractivity contribution in [2.24, 2.45) is 0 Å². The number of hydrogen-bond acceptors (Lipinski definition) is 6. The van der Waals surface area contributed by atoms with E-state index >= 15 is 0 Å². The zero-order chi connectivity index (χ0) is 20.2. The molecule has 10 nitrogen and oxygen atoms in total. The average molecular weight is 389 g/mol. The molecule has 0 spiro atoms. The molecule has 0 radical (unpaired) electrons. The first-order valence-electron chi connectivity index (χ1n) is 8.65. The zero-order valence-corrected chi connectivity index (χ0v) is 15.0. The first kappa shape index (κ1) is 18.0. The second-order valence-corrected chi connectivity index (χ2v) is 6.08. The van der Waals surface area contributed by atoms with Crippen molar-refractivity contribution in [3.63, 3.8) is 0 Å². The van der Waals surface area contributed by atoms with Gasteiger partial charge in [-0.25, -0.2) is 4.68 Å². The number of amides is 1. The first-order chi connectivity index (χ1) is 14.1. The van der Waals surface area contributed by atoms with Gasteiger partial charge in [0, 0.05) is 16.7 Å². The Morgan fingerprint density at radius 2 is 1.72 bits per heavy atom. The summed E-state index contributed by atoms with van der Waals surface area (Å²) in [5, 5.41) is 21.7. The lowest BCUT2D eigenvalue weighted by molar-refractivity contribution is -0.394. The number of rotatable bonds is 6. The molecule has 0 saturated carbocycles. The molecule has 2 aromatic heterocycles. The Morgan fingerprint density at radius 1 is 1.03 bits per heavy atom. The molecule has 0 unspecified atom stereocenters. The molecule has 1 N–H and O–H groups in total. The van der Waals surface area contributed by atoms with Crippen LogP contribution in [0.5, 0.6) is 0 Å². The molecule has 144 valence electrons. The Morgan fingerprint density at radius 3 is 2.38 bits per heavy atom. The summed E-state index contributed by atoms with van der Waals surface area (Å²) in [4.78, 5) is 26.0. The van der Waals surface area contributed by atoms with E-state index in [1.807, 2.05) is 60.7 Å². The van der Waals surface area contributed by atoms with Crippen molar-refractivity contribution < 1.29 is 9.72 Å². The van der Waals surface area contributed by atoms with Gasteiger partial charge in [0.15, 0.2) is 0 Å². The van der Waals surface area contributed by atoms with Crippen molar-refractivity contribution >= 4 is 17.7 Å². The number of nitro groups is 1. The highest BCUT2D eigenvalue weighted by molar-refractivity contribution is 5.90. The summed E-state index contributed by atoms with van der Waals surface area (Å²) in [5.41, 5.74) is 2.38. The summed E-state index contributed by atoms with van der Waals surface area (Å²) in [6.45, 7) is -0.221. The van der Waals surface area contributed by atoms with Gasteiger partial charge in [-0.05, 0) is 17.1 Å². The van der Waals surface area contributed by atoms with Gasteiger partial charge in [0.1, 0.15) is 12.4 Å². The van der Waals surface area contributed by atoms with Crippen molar-refractivity contribution in [3.05, 3.63) is 83.2 Å². The van der Waals surface area contributed by atoms with E-state index in [9.17, 15) is 14.9 Å². The maximum atomic E-state index is 12.5. The number of carbonyl (C=O) groups is 1. The van der Waals surface area contributed by atoms with E-state index in [2.05, 4.69) is 20.5 Å². The van der Waals surface area contributed by atoms with Crippen LogP contribution in [-0.2, 0) is 11.3 Å². The van der Waals surface area contributed by atoms with Crippen molar-refractivity contribution in [1.29, 1.82) is 0 Å². The third-order valence-corrected chi connectivity index (χ3v) is 4.04. The van der Waals surface area contributed by atoms with Crippen molar-refractivity contribution in [1.82, 2.24) is 24.5 Å². The lowest BCUT2D eigenvalue weighted by Crippen LogP contribution is -2.21. The van der Waals surface area contributed by atoms with Crippen molar-refractivity contribution in [2.75, 3.05) is 5.32 Å². The molecule has 2 aromatic carbocycles. The van der Waals surface area contributed by atoms with Gasteiger partial charge in [-0.15, -0.1) is 0 Å². The summed E-state index contributed by atoms with van der Waals surface area (Å²) in [6, 6.07) is 20.7. The molecule has 29 heavy (non-hydrogen) atoms. The normalized spacial score (nSPS) is 10.6. The lowest BCUT2D eigenvalue weighted by atomic mass is 10.2. The third-order valence-electron chi connectivity index (χ3n) is 4.04. The summed E-state index contributed by atoms with van der Waals surface area (Å²) < 4.78 is 2.73. The Balaban J connectivity index is 1.62. The minimum Gasteiger partial charge on any atom is -0.390 e. The van der Waals surface area contributed by atoms with Crippen LogP contribution < -0.4 is 5.32 Å². The number of nitrogens with zero attached hydrogens (tertiary/aromatic N) is 6. The monoisotopic (exact) mass is 389 g/mol. The molecule has 2 heterocycles. The van der Waals surface area contributed by atoms with E-state index in [1.54, 1.807) is 10.7 Å². The fraction of sp³-hybridized carbons (Fsp3) is 0.0526. The standard InChI is InChI=1S/C19H15N7O3/c27-18(12-24-13-20-19(23-24)26(28)29)21-17-11-16(14-7-3-1-4-8-14)22-25(17)15-9-5-2-6-10-15/h1-11,13H,12H2,(H,21,27). The van der Waals surface area contributed by atoms with Gasteiger partial charge in [-0.3, -0.25) is 4.79 Å². The van der Waals surface area contributed by atoms with Gasteiger partial charge < -0.3 is 15.4 Å². The quantitative estimate of drug-likeness (QED) is 0.400. The topological polar surface area (TPSA) is 121 Å². The predicted octanol–water partition coefficient (Wildman–Crippen LogP) is 2.68. The van der Waals surface area contributed by atoms with Crippen LogP contribution in [-0.4, -0.2) is 35.4 Å². The molecule has 0 aliphatic rings. The maximum absolute atomic E-state index is 12.5. The molecule has 0 atom stereocenters. The van der Waals surface area contributed by atoms with Crippen LogP contribution in [0.4, 0.5) is 11.8 Å². The molecule has 0 fully saturated rings. The largest absolute Gasteiger partial charge is 0.490 e. The SMILES string of the molecule is O=C(Cn1cnc([N+](=O)[O-])n1)Nc1cc(-c2ccccc2)nn1-c1ccccc1. The Hall–Kier alpha value is -4.34. The van der Waals surface area contributed by atoms with E-state index in [1.165, 1.54) is 0 Å². The van der Waals surface area contributed by atoms with Gasteiger partial charge in [-0.1, -0.05) is 53.5 Å². The first-order valence-corrected chi connectivity index (χ1v) is 8.65. The van der Waals surface area contributed by atoms with Crippen LogP contribution in [0.25, 0.3) is 16.9 Å². The summed E-state index contributed by atoms with van der Waals surface area (Å²) in [6.07, 6.45) is 1.14. The molecule has 0 bridgehead atoms. The average Bonchev–Trinajstić information content (AvgIpc) is 3.37. The van der Waals surface area contributed by atoms with Gasteiger partial charge in [-0.2, -0.15) is 9.78 Å². The smallest absolute Gasteiger partial charge is 0.390 e. The Kier molecular flexibility index (Phi) is 4.81. The van der Waals surface area contributed by atoms with Crippen molar-refractivity contribution in [3.8, 4) is 16.9 Å². The molecule has 10 heteroatoms. The van der Waals surface area contributed by atoms with Crippen LogP contribution in [0.1, 0.15) is 0 Å². The summed E-state index contributed by atoms with van der Waals surface area (Å²) in [7, 11) is 0. The Bertz CT molecular complexity index is 1150. The minimum absolute atomic E-state index is 0.221. The minimum atomic E-state index is -0.717. The number of carbonyl (C=O) groups excluding carboxylic acids is 1. The number of anilines is 1. The summed E-state index contributed by atoms with van der Waals surface area (Å²) >= 11 is 0. The molecular weight excluding hydrogens is 374 g/mol. The van der Waals surface area contributed by atoms with E-state index in [0.717, 1.165) is 22.3 Å². The molecule has 1 amide bonds. The number of aromatic nitrogens is 5. The van der Waals surface area contributed by atoms with E-state index < -0.39 is 16.8 Å². The van der Waals surface area contributed by atoms with Gasteiger partial charge in [0.05, 0.1) is 11.4 Å². The highest BCUT2D eigenvalue weighted by atomic mass is 16.6. The van der Waals surface area contributed by atoms with Crippen LogP contribution in [0.15, 0.2) is 73.1 Å². The van der Waals surface area contributed by atoms with Crippen LogP contribution >= 0.6 is 0 Å². The number of para-hydroxylation sites is 1. The van der Waals surface area contributed by atoms with Crippen LogP contribution in [0.2, 0.25) is 0 Å². The van der Waals surface area contributed by atoms with Crippen LogP contribution in [0, 0.1) is 10.1 Å². The molecule has 0 aliphatic carbocycles. The zero-order valence-electron chi connectivity index (χ0n) is 15.0. The maximum Gasteiger partial charge on any atom is 0.490 e. The second kappa shape index (κ2) is 7.72. The lowest BCUT2D eigenvalue weighted by Gasteiger charge is -2.08. The van der Waals surface area contributed by atoms with E-state index in [4.69, 9.17) is 0 Å². The highest BCUT2D eigenvalue weighted by Gasteiger charge is 2.17. The van der Waals surface area contributed by atoms with Gasteiger partial charge in [0.2, 0.25) is 12.2 Å². The van der Waals surface area contributed by atoms with Crippen LogP contribution in [0.3, 0.4) is 0 Å². The predicted molar refractivity (Wildman–Crippen MR) is 104 cm³/mol. The Labute approximate surface area is 164 Å². The molecule has 0 aliphatic heterocycles. The fourth-order valence-corrected chi connectivity index (χ4v) is 2.76. The molecular formula is C19H15N7O3. The fourth-order valence-electron chi connectivity index (χ4n) is 2.76. The molecule has 4 rings (SSSR count). The number of nitrogens with one attached hydrogen (secondary N) is 1. The molecule has 4 aromatic rings. The summed E-state index contributed by atoms with van der Waals surface area (Å²) in [5.74, 6) is -0.505. The third kappa shape index (κ3) is 4.00. The van der Waals surface area contributed by atoms with Gasteiger partial charge >= 0.3 is 5.95 Å². The molecule has 0 saturated heterocycles. The number of hydrogen-bond donors (Lipinski definition) is 1. The van der Waals surface area contributed by atoms with E-state index in [0.29, 0.717) is 11.5 Å². The second-order valence-electron chi connectivity index (χ2n) is 6.08. The number of benzene rings is 2. The van der Waals surface area contributed by atoms with Gasteiger partial charge in [0.25, 0.3) is 0 Å².